The van der Waals surface area contributed by atoms with E-state index in [-0.39, 0.29) is 12.8 Å². The highest BCUT2D eigenvalue weighted by molar-refractivity contribution is 7.53. The topological polar surface area (TPSA) is 105 Å². The van der Waals surface area contributed by atoms with Crippen molar-refractivity contribution in [1.29, 1.82) is 0 Å². The van der Waals surface area contributed by atoms with Gasteiger partial charge in [-0.25, -0.2) is 0 Å². The average Bonchev–Trinajstić information content (AvgIpc) is 2.60. The molecule has 0 spiro atoms. The molecule has 1 aliphatic heterocycles. The normalized spacial score (nSPS) is 34.6. The molecule has 1 aliphatic rings. The van der Waals surface area contributed by atoms with Gasteiger partial charge in [0.25, 0.3) is 0 Å². The molecule has 1 fully saturated rings. The predicted octanol–water partition coefficient (Wildman–Crippen LogP) is 0.355. The zero-order valence-corrected chi connectivity index (χ0v) is 13.7. The molecule has 9 heteroatoms. The number of aliphatic hydroxyl groups is 2. The van der Waals surface area contributed by atoms with Crippen molar-refractivity contribution in [3.63, 3.8) is 0 Å². The molecule has 2 unspecified atom stereocenters. The highest BCUT2D eigenvalue weighted by atomic mass is 31.2. The highest BCUT2D eigenvalue weighted by Gasteiger charge is 2.45. The third-order valence-corrected chi connectivity index (χ3v) is 5.33. The zero-order valence-electron chi connectivity index (χ0n) is 12.8. The Labute approximate surface area is 126 Å². The van der Waals surface area contributed by atoms with Crippen molar-refractivity contribution in [1.82, 2.24) is 0 Å². The number of aliphatic hydroxyl groups excluding tert-OH is 2. The van der Waals surface area contributed by atoms with Crippen molar-refractivity contribution in [2.75, 3.05) is 7.11 Å². The Morgan fingerprint density at radius 1 is 1.48 bits per heavy atom. The van der Waals surface area contributed by atoms with E-state index in [1.54, 1.807) is 20.8 Å². The van der Waals surface area contributed by atoms with Crippen LogP contribution < -0.4 is 0 Å². The second kappa shape index (κ2) is 7.09. The summed E-state index contributed by atoms with van der Waals surface area (Å²) in [5.41, 5.74) is -1.09. The van der Waals surface area contributed by atoms with Gasteiger partial charge < -0.3 is 29.1 Å². The number of hydrogen-bond donors (Lipinski definition) is 3. The van der Waals surface area contributed by atoms with Gasteiger partial charge in [0.1, 0.15) is 20.1 Å². The van der Waals surface area contributed by atoms with Crippen LogP contribution >= 0.6 is 7.60 Å². The molecule has 0 aromatic heterocycles. The van der Waals surface area contributed by atoms with E-state index in [1.165, 1.54) is 7.11 Å². The van der Waals surface area contributed by atoms with Gasteiger partial charge in [-0.2, -0.15) is 0 Å². The van der Waals surface area contributed by atoms with Crippen LogP contribution in [-0.2, 0) is 18.6 Å². The van der Waals surface area contributed by atoms with E-state index in [4.69, 9.17) is 21.8 Å². The molecular formula is C12H24BO7P. The molecule has 3 N–H and O–H groups in total. The van der Waals surface area contributed by atoms with E-state index in [1.807, 2.05) is 0 Å². The third kappa shape index (κ3) is 4.76. The van der Waals surface area contributed by atoms with E-state index in [9.17, 15) is 19.7 Å². The van der Waals surface area contributed by atoms with Gasteiger partial charge >= 0.3 is 7.60 Å². The molecule has 1 rings (SSSR count). The fourth-order valence-electron chi connectivity index (χ4n) is 2.38. The minimum absolute atomic E-state index is 0.100. The first-order valence-electron chi connectivity index (χ1n) is 6.87. The first-order valence-corrected chi connectivity index (χ1v) is 8.52. The summed E-state index contributed by atoms with van der Waals surface area (Å²) in [6, 6.07) is -0.770. The molecule has 0 bridgehead atoms. The number of hydrogen-bond acceptors (Lipinski definition) is 6. The van der Waals surface area contributed by atoms with Crippen LogP contribution in [0.25, 0.3) is 0 Å². The standard InChI is InChI=1S/C12H24BO7P/c1-5-8(14)21(16,17)20-12(2,3)6-7-9(15)10(18-4)11(13)19-7/h7-11,14-15H,5-6H2,1-4H3,(H,16,17)/t7-,8?,9-,10-,11-/m1/s1. The summed E-state index contributed by atoms with van der Waals surface area (Å²) in [4.78, 5) is 9.74. The molecule has 2 radical (unpaired) electrons. The van der Waals surface area contributed by atoms with Crippen LogP contribution in [-0.4, -0.2) is 65.8 Å². The molecule has 0 aromatic rings. The Kier molecular flexibility index (Phi) is 6.45. The van der Waals surface area contributed by atoms with Gasteiger partial charge in [0.05, 0.1) is 11.7 Å². The summed E-state index contributed by atoms with van der Waals surface area (Å²) in [5.74, 6) is -1.44. The SMILES string of the molecule is [B][C@@H]1O[C@H](CC(C)(C)OP(=O)(O)C(O)CC)[C@@H](O)[C@H]1OC. The second-order valence-electron chi connectivity index (χ2n) is 5.84. The minimum Gasteiger partial charge on any atom is -0.388 e. The number of ether oxygens (including phenoxy) is 2. The first kappa shape index (κ1) is 19.1. The van der Waals surface area contributed by atoms with Crippen LogP contribution in [0.2, 0.25) is 0 Å². The Hall–Kier alpha value is 0.0549. The van der Waals surface area contributed by atoms with Crippen molar-refractivity contribution < 1.29 is 33.7 Å². The number of rotatable bonds is 7. The lowest BCUT2D eigenvalue weighted by Gasteiger charge is -2.32. The molecule has 122 valence electrons. The maximum atomic E-state index is 11.9. The zero-order chi connectivity index (χ0) is 16.4. The molecule has 1 heterocycles. The van der Waals surface area contributed by atoms with Crippen LogP contribution in [0.3, 0.4) is 0 Å². The fourth-order valence-corrected chi connectivity index (χ4v) is 3.74. The predicted molar refractivity (Wildman–Crippen MR) is 77.1 cm³/mol. The van der Waals surface area contributed by atoms with Crippen molar-refractivity contribution in [2.45, 2.75) is 69.4 Å². The summed E-state index contributed by atoms with van der Waals surface area (Å²) < 4.78 is 27.6. The highest BCUT2D eigenvalue weighted by Crippen LogP contribution is 2.52. The lowest BCUT2D eigenvalue weighted by Crippen LogP contribution is -2.38. The van der Waals surface area contributed by atoms with E-state index in [0.29, 0.717) is 0 Å². The Balaban J connectivity index is 2.71. The minimum atomic E-state index is -4.16. The van der Waals surface area contributed by atoms with Crippen molar-refractivity contribution in [3.05, 3.63) is 0 Å². The van der Waals surface area contributed by atoms with Crippen LogP contribution in [0.1, 0.15) is 33.6 Å². The quantitative estimate of drug-likeness (QED) is 0.459. The Bertz CT molecular complexity index is 392. The van der Waals surface area contributed by atoms with Crippen LogP contribution in [0.5, 0.6) is 0 Å². The first-order chi connectivity index (χ1) is 9.54. The Morgan fingerprint density at radius 3 is 2.48 bits per heavy atom. The molecule has 21 heavy (non-hydrogen) atoms. The summed E-state index contributed by atoms with van der Waals surface area (Å²) >= 11 is 0. The van der Waals surface area contributed by atoms with Gasteiger partial charge in [0, 0.05) is 19.5 Å². The summed E-state index contributed by atoms with van der Waals surface area (Å²) in [6.07, 6.45) is -2.07. The van der Waals surface area contributed by atoms with E-state index < -0.39 is 43.4 Å². The third-order valence-electron chi connectivity index (χ3n) is 3.46. The van der Waals surface area contributed by atoms with Crippen molar-refractivity contribution in [3.8, 4) is 0 Å². The molecule has 0 amide bonds. The second-order valence-corrected chi connectivity index (χ2v) is 7.75. The molecule has 1 saturated heterocycles. The molecular weight excluding hydrogens is 298 g/mol. The van der Waals surface area contributed by atoms with Gasteiger partial charge in [-0.3, -0.25) is 4.57 Å². The molecule has 0 saturated carbocycles. The van der Waals surface area contributed by atoms with Crippen LogP contribution in [0.4, 0.5) is 0 Å². The van der Waals surface area contributed by atoms with E-state index >= 15 is 0 Å². The van der Waals surface area contributed by atoms with E-state index in [2.05, 4.69) is 0 Å². The lowest BCUT2D eigenvalue weighted by molar-refractivity contribution is -0.0337. The molecule has 0 aliphatic carbocycles. The molecule has 6 atom stereocenters. The van der Waals surface area contributed by atoms with Crippen LogP contribution in [0.15, 0.2) is 0 Å². The van der Waals surface area contributed by atoms with Gasteiger partial charge in [-0.05, 0) is 20.3 Å². The molecule has 0 aromatic carbocycles. The van der Waals surface area contributed by atoms with Crippen LogP contribution in [0, 0.1) is 0 Å². The number of methoxy groups -OCH3 is 1. The monoisotopic (exact) mass is 322 g/mol. The Morgan fingerprint density at radius 2 is 2.05 bits per heavy atom. The average molecular weight is 322 g/mol. The maximum absolute atomic E-state index is 11.9. The lowest BCUT2D eigenvalue weighted by atomic mass is 9.91. The maximum Gasteiger partial charge on any atom is 0.356 e. The van der Waals surface area contributed by atoms with Gasteiger partial charge in [0.15, 0.2) is 5.85 Å². The summed E-state index contributed by atoms with van der Waals surface area (Å²) in [5, 5.41) is 19.6. The van der Waals surface area contributed by atoms with Gasteiger partial charge in [0.2, 0.25) is 0 Å². The van der Waals surface area contributed by atoms with Crippen molar-refractivity contribution >= 4 is 15.4 Å². The summed E-state index contributed by atoms with van der Waals surface area (Å²) in [6.45, 7) is 4.75. The fraction of sp³-hybridized carbons (Fsp3) is 1.00. The smallest absolute Gasteiger partial charge is 0.356 e. The van der Waals surface area contributed by atoms with Crippen molar-refractivity contribution in [2.24, 2.45) is 0 Å². The van der Waals surface area contributed by atoms with E-state index in [0.717, 1.165) is 0 Å². The largest absolute Gasteiger partial charge is 0.388 e. The van der Waals surface area contributed by atoms with Gasteiger partial charge in [-0.1, -0.05) is 6.92 Å². The molecule has 7 nitrogen and oxygen atoms in total. The summed E-state index contributed by atoms with van der Waals surface area (Å²) in [7, 11) is 2.95. The van der Waals surface area contributed by atoms with Gasteiger partial charge in [-0.15, -0.1) is 0 Å².